The molecule has 1 aromatic heterocycles. The van der Waals surface area contributed by atoms with E-state index < -0.39 is 0 Å². The number of aromatic nitrogens is 2. The second-order valence-electron chi connectivity index (χ2n) is 8.11. The monoisotopic (exact) mass is 413 g/mol. The van der Waals surface area contributed by atoms with E-state index in [4.69, 9.17) is 9.47 Å². The van der Waals surface area contributed by atoms with Crippen LogP contribution in [0.15, 0.2) is 18.3 Å². The van der Waals surface area contributed by atoms with Crippen molar-refractivity contribution < 1.29 is 24.5 Å². The number of amides is 1. The third kappa shape index (κ3) is 4.18. The molecular formula is C22H27N3O5. The minimum absolute atomic E-state index is 0.00602. The van der Waals surface area contributed by atoms with Crippen LogP contribution in [0.25, 0.3) is 0 Å². The maximum Gasteiger partial charge on any atom is 0.316 e. The van der Waals surface area contributed by atoms with Crippen molar-refractivity contribution in [3.63, 3.8) is 0 Å². The van der Waals surface area contributed by atoms with Gasteiger partial charge in [-0.05, 0) is 17.5 Å². The van der Waals surface area contributed by atoms with Gasteiger partial charge in [0, 0.05) is 50.2 Å². The average Bonchev–Trinajstić information content (AvgIpc) is 2.73. The van der Waals surface area contributed by atoms with Crippen molar-refractivity contribution in [2.24, 2.45) is 0 Å². The highest BCUT2D eigenvalue weighted by Crippen LogP contribution is 2.33. The summed E-state index contributed by atoms with van der Waals surface area (Å²) in [6, 6.07) is 3.19. The number of phenolic OH excluding ortho intramolecular Hbond substituents is 2. The molecule has 1 saturated heterocycles. The maximum atomic E-state index is 13.1. The molecule has 30 heavy (non-hydrogen) atoms. The van der Waals surface area contributed by atoms with Gasteiger partial charge in [-0.25, -0.2) is 4.98 Å². The van der Waals surface area contributed by atoms with Gasteiger partial charge in [0.1, 0.15) is 17.6 Å². The molecule has 1 fully saturated rings. The average molecular weight is 413 g/mol. The summed E-state index contributed by atoms with van der Waals surface area (Å²) in [5.74, 6) is -0.470. The topological polar surface area (TPSA) is 105 Å². The molecule has 3 heterocycles. The molecule has 0 aliphatic carbocycles. The lowest BCUT2D eigenvalue weighted by Gasteiger charge is -2.29. The number of aromatic hydroxyl groups is 2. The van der Waals surface area contributed by atoms with Crippen LogP contribution in [0.3, 0.4) is 0 Å². The summed E-state index contributed by atoms with van der Waals surface area (Å²) in [6.07, 6.45) is 4.04. The molecule has 0 spiro atoms. The highest BCUT2D eigenvalue weighted by atomic mass is 16.5. The molecule has 8 heteroatoms. The van der Waals surface area contributed by atoms with Crippen LogP contribution in [0.2, 0.25) is 0 Å². The standard InChI is InChI=1S/C22H27N3O5/c1-13(2)16-9-17(20(27)10-19(16)26)21(28)25-6-3-18-14(12-25)11-23-22(24-18)30-15-4-7-29-8-5-15/h9-11,13,15,26-27H,3-8,12H2,1-2H3. The first-order chi connectivity index (χ1) is 14.4. The van der Waals surface area contributed by atoms with Crippen LogP contribution in [0, 0.1) is 0 Å². The Morgan fingerprint density at radius 1 is 1.23 bits per heavy atom. The van der Waals surface area contributed by atoms with Gasteiger partial charge < -0.3 is 24.6 Å². The number of benzene rings is 1. The Bertz CT molecular complexity index is 941. The number of nitrogens with zero attached hydrogens (tertiary/aromatic N) is 3. The minimum Gasteiger partial charge on any atom is -0.508 e. The number of hydrogen-bond acceptors (Lipinski definition) is 7. The van der Waals surface area contributed by atoms with Crippen LogP contribution >= 0.6 is 0 Å². The van der Waals surface area contributed by atoms with Crippen molar-refractivity contribution >= 4 is 5.91 Å². The van der Waals surface area contributed by atoms with Crippen molar-refractivity contribution in [2.45, 2.75) is 51.7 Å². The predicted octanol–water partition coefficient (Wildman–Crippen LogP) is 2.77. The van der Waals surface area contributed by atoms with Crippen LogP contribution < -0.4 is 4.74 Å². The summed E-state index contributed by atoms with van der Waals surface area (Å²) in [5, 5.41) is 20.3. The van der Waals surface area contributed by atoms with E-state index >= 15 is 0 Å². The SMILES string of the molecule is CC(C)c1cc(C(=O)N2CCc3nc(OC4CCOCC4)ncc3C2)c(O)cc1O. The predicted molar refractivity (Wildman–Crippen MR) is 109 cm³/mol. The highest BCUT2D eigenvalue weighted by Gasteiger charge is 2.27. The number of hydrogen-bond donors (Lipinski definition) is 2. The van der Waals surface area contributed by atoms with Gasteiger partial charge in [0.25, 0.3) is 5.91 Å². The van der Waals surface area contributed by atoms with E-state index in [2.05, 4.69) is 9.97 Å². The fraction of sp³-hybridized carbons (Fsp3) is 0.500. The van der Waals surface area contributed by atoms with Gasteiger partial charge in [-0.3, -0.25) is 4.79 Å². The van der Waals surface area contributed by atoms with E-state index in [9.17, 15) is 15.0 Å². The van der Waals surface area contributed by atoms with Crippen LogP contribution in [0.5, 0.6) is 17.5 Å². The molecule has 0 radical (unpaired) electrons. The smallest absolute Gasteiger partial charge is 0.316 e. The van der Waals surface area contributed by atoms with Gasteiger partial charge in [0.15, 0.2) is 0 Å². The molecule has 0 unspecified atom stereocenters. The van der Waals surface area contributed by atoms with Crippen LogP contribution in [-0.2, 0) is 17.7 Å². The number of ether oxygens (including phenoxy) is 2. The van der Waals surface area contributed by atoms with Crippen molar-refractivity contribution in [1.82, 2.24) is 14.9 Å². The summed E-state index contributed by atoms with van der Waals surface area (Å²) in [6.45, 7) is 6.08. The molecule has 0 atom stereocenters. The van der Waals surface area contributed by atoms with Crippen molar-refractivity contribution in [3.8, 4) is 17.5 Å². The van der Waals surface area contributed by atoms with Gasteiger partial charge in [-0.1, -0.05) is 13.8 Å². The molecule has 1 amide bonds. The van der Waals surface area contributed by atoms with E-state index in [1.54, 1.807) is 17.2 Å². The third-order valence-electron chi connectivity index (χ3n) is 5.64. The summed E-state index contributed by atoms with van der Waals surface area (Å²) in [5.41, 5.74) is 2.58. The van der Waals surface area contributed by atoms with Crippen LogP contribution in [0.4, 0.5) is 0 Å². The lowest BCUT2D eigenvalue weighted by molar-refractivity contribution is 0.0215. The third-order valence-corrected chi connectivity index (χ3v) is 5.64. The number of carbonyl (C=O) groups is 1. The summed E-state index contributed by atoms with van der Waals surface area (Å²) in [4.78, 5) is 23.6. The molecule has 2 aliphatic rings. The number of rotatable bonds is 4. The van der Waals surface area contributed by atoms with Crippen LogP contribution in [-0.4, -0.2) is 56.9 Å². The lowest BCUT2D eigenvalue weighted by Crippen LogP contribution is -2.36. The molecule has 8 nitrogen and oxygen atoms in total. The van der Waals surface area contributed by atoms with Gasteiger partial charge in [0.05, 0.1) is 24.5 Å². The zero-order valence-electron chi connectivity index (χ0n) is 17.3. The lowest BCUT2D eigenvalue weighted by atomic mass is 9.97. The second kappa shape index (κ2) is 8.47. The van der Waals surface area contributed by atoms with E-state index in [1.807, 2.05) is 13.8 Å². The zero-order valence-corrected chi connectivity index (χ0v) is 17.3. The largest absolute Gasteiger partial charge is 0.508 e. The molecule has 160 valence electrons. The normalized spacial score (nSPS) is 17.1. The number of phenols is 2. The zero-order chi connectivity index (χ0) is 21.3. The Balaban J connectivity index is 1.49. The summed E-state index contributed by atoms with van der Waals surface area (Å²) >= 11 is 0. The molecule has 0 saturated carbocycles. The van der Waals surface area contributed by atoms with Crippen molar-refractivity contribution in [3.05, 3.63) is 40.7 Å². The molecule has 2 N–H and O–H groups in total. The first-order valence-corrected chi connectivity index (χ1v) is 10.4. The molecular weight excluding hydrogens is 386 g/mol. The van der Waals surface area contributed by atoms with Gasteiger partial charge >= 0.3 is 6.01 Å². The number of fused-ring (bicyclic) bond motifs is 1. The van der Waals surface area contributed by atoms with Crippen molar-refractivity contribution in [1.29, 1.82) is 0 Å². The van der Waals surface area contributed by atoms with Gasteiger partial charge in [-0.2, -0.15) is 4.98 Å². The Hall–Kier alpha value is -2.87. The second-order valence-corrected chi connectivity index (χ2v) is 8.11. The Labute approximate surface area is 175 Å². The van der Waals surface area contributed by atoms with E-state index in [0.717, 1.165) is 24.1 Å². The molecule has 2 aromatic rings. The Morgan fingerprint density at radius 2 is 2.00 bits per heavy atom. The summed E-state index contributed by atoms with van der Waals surface area (Å²) < 4.78 is 11.2. The van der Waals surface area contributed by atoms with Crippen molar-refractivity contribution in [2.75, 3.05) is 19.8 Å². The minimum atomic E-state index is -0.275. The quantitative estimate of drug-likeness (QED) is 0.794. The number of carbonyl (C=O) groups excluding carboxylic acids is 1. The fourth-order valence-corrected chi connectivity index (χ4v) is 3.87. The van der Waals surface area contributed by atoms with Crippen LogP contribution in [0.1, 0.15) is 59.8 Å². The maximum absolute atomic E-state index is 13.1. The Morgan fingerprint density at radius 3 is 2.73 bits per heavy atom. The van der Waals surface area contributed by atoms with E-state index in [1.165, 1.54) is 6.07 Å². The van der Waals surface area contributed by atoms with Gasteiger partial charge in [-0.15, -0.1) is 0 Å². The first-order valence-electron chi connectivity index (χ1n) is 10.4. The molecule has 1 aromatic carbocycles. The molecule has 0 bridgehead atoms. The first kappa shape index (κ1) is 20.4. The fourth-order valence-electron chi connectivity index (χ4n) is 3.87. The van der Waals surface area contributed by atoms with E-state index in [-0.39, 0.29) is 35.0 Å². The Kier molecular flexibility index (Phi) is 5.76. The van der Waals surface area contributed by atoms with Gasteiger partial charge in [0.2, 0.25) is 0 Å². The van der Waals surface area contributed by atoms with E-state index in [0.29, 0.717) is 44.3 Å². The highest BCUT2D eigenvalue weighted by molar-refractivity contribution is 5.97. The molecule has 4 rings (SSSR count). The molecule has 2 aliphatic heterocycles. The summed E-state index contributed by atoms with van der Waals surface area (Å²) in [7, 11) is 0.